The Balaban J connectivity index is 2.21. The Morgan fingerprint density at radius 3 is 2.65 bits per heavy atom. The SMILES string of the molecule is CC#CCNC(c1ccccc1)c1ccco1. The van der Waals surface area contributed by atoms with E-state index in [9.17, 15) is 0 Å². The van der Waals surface area contributed by atoms with Crippen molar-refractivity contribution in [3.05, 3.63) is 60.1 Å². The first-order valence-corrected chi connectivity index (χ1v) is 5.63. The molecule has 1 atom stereocenters. The Kier molecular flexibility index (Phi) is 4.01. The Labute approximate surface area is 102 Å². The summed E-state index contributed by atoms with van der Waals surface area (Å²) >= 11 is 0. The Hall–Kier alpha value is -1.98. The molecule has 0 radical (unpaired) electrons. The topological polar surface area (TPSA) is 25.2 Å². The van der Waals surface area contributed by atoms with Crippen molar-refractivity contribution in [3.8, 4) is 11.8 Å². The Morgan fingerprint density at radius 1 is 1.18 bits per heavy atom. The molecule has 0 spiro atoms. The lowest BCUT2D eigenvalue weighted by Crippen LogP contribution is -2.22. The van der Waals surface area contributed by atoms with E-state index in [-0.39, 0.29) is 6.04 Å². The fourth-order valence-corrected chi connectivity index (χ4v) is 1.73. The molecule has 0 aliphatic heterocycles. The molecule has 0 saturated heterocycles. The van der Waals surface area contributed by atoms with Gasteiger partial charge in [-0.15, -0.1) is 5.92 Å². The third kappa shape index (κ3) is 2.99. The van der Waals surface area contributed by atoms with Crippen molar-refractivity contribution in [1.82, 2.24) is 5.32 Å². The van der Waals surface area contributed by atoms with Crippen LogP contribution in [0.15, 0.2) is 53.1 Å². The van der Waals surface area contributed by atoms with Gasteiger partial charge in [-0.2, -0.15) is 0 Å². The molecule has 1 unspecified atom stereocenters. The molecular formula is C15H15NO. The van der Waals surface area contributed by atoms with Crippen molar-refractivity contribution in [2.45, 2.75) is 13.0 Å². The van der Waals surface area contributed by atoms with Gasteiger partial charge >= 0.3 is 0 Å². The number of rotatable bonds is 4. The fourth-order valence-electron chi connectivity index (χ4n) is 1.73. The lowest BCUT2D eigenvalue weighted by Gasteiger charge is -2.15. The van der Waals surface area contributed by atoms with Gasteiger partial charge in [0.2, 0.25) is 0 Å². The second-order valence-corrected chi connectivity index (χ2v) is 3.67. The summed E-state index contributed by atoms with van der Waals surface area (Å²) in [5.74, 6) is 6.80. The molecule has 0 aliphatic rings. The van der Waals surface area contributed by atoms with Crippen LogP contribution in [0.2, 0.25) is 0 Å². The van der Waals surface area contributed by atoms with Crippen molar-refractivity contribution in [2.24, 2.45) is 0 Å². The second kappa shape index (κ2) is 5.93. The normalized spacial score (nSPS) is 11.6. The molecule has 0 fully saturated rings. The summed E-state index contributed by atoms with van der Waals surface area (Å²) in [4.78, 5) is 0. The average Bonchev–Trinajstić information content (AvgIpc) is 2.89. The van der Waals surface area contributed by atoms with Crippen LogP contribution >= 0.6 is 0 Å². The first-order valence-electron chi connectivity index (χ1n) is 5.63. The highest BCUT2D eigenvalue weighted by Gasteiger charge is 2.14. The van der Waals surface area contributed by atoms with Crippen LogP contribution in [-0.2, 0) is 0 Å². The molecule has 0 bridgehead atoms. The summed E-state index contributed by atoms with van der Waals surface area (Å²) < 4.78 is 5.47. The highest BCUT2D eigenvalue weighted by Crippen LogP contribution is 2.21. The molecule has 2 nitrogen and oxygen atoms in total. The first-order chi connectivity index (χ1) is 8.42. The van der Waals surface area contributed by atoms with E-state index in [0.29, 0.717) is 6.54 Å². The van der Waals surface area contributed by atoms with Gasteiger partial charge in [0.15, 0.2) is 0 Å². The van der Waals surface area contributed by atoms with Crippen LogP contribution in [0.1, 0.15) is 24.3 Å². The summed E-state index contributed by atoms with van der Waals surface area (Å²) in [6.45, 7) is 2.49. The van der Waals surface area contributed by atoms with E-state index < -0.39 is 0 Å². The average molecular weight is 225 g/mol. The van der Waals surface area contributed by atoms with Crippen molar-refractivity contribution in [2.75, 3.05) is 6.54 Å². The number of nitrogens with one attached hydrogen (secondary N) is 1. The van der Waals surface area contributed by atoms with Gasteiger partial charge in [0, 0.05) is 0 Å². The molecule has 2 rings (SSSR count). The fraction of sp³-hybridized carbons (Fsp3) is 0.200. The van der Waals surface area contributed by atoms with E-state index in [1.165, 1.54) is 5.56 Å². The van der Waals surface area contributed by atoms with Crippen LogP contribution in [0.5, 0.6) is 0 Å². The molecule has 1 aromatic carbocycles. The maximum absolute atomic E-state index is 5.47. The van der Waals surface area contributed by atoms with Crippen molar-refractivity contribution < 1.29 is 4.42 Å². The summed E-state index contributed by atoms with van der Waals surface area (Å²) in [5.41, 5.74) is 1.18. The minimum atomic E-state index is 0.0621. The number of hydrogen-bond donors (Lipinski definition) is 1. The van der Waals surface area contributed by atoms with Crippen LogP contribution in [0.3, 0.4) is 0 Å². The Bertz CT molecular complexity index is 491. The van der Waals surface area contributed by atoms with Crippen LogP contribution in [0.4, 0.5) is 0 Å². The molecule has 17 heavy (non-hydrogen) atoms. The quantitative estimate of drug-likeness (QED) is 0.809. The van der Waals surface area contributed by atoms with Gasteiger partial charge in [0.05, 0.1) is 18.8 Å². The summed E-state index contributed by atoms with van der Waals surface area (Å²) in [6, 6.07) is 14.2. The monoisotopic (exact) mass is 225 g/mol. The second-order valence-electron chi connectivity index (χ2n) is 3.67. The smallest absolute Gasteiger partial charge is 0.125 e. The zero-order valence-electron chi connectivity index (χ0n) is 9.81. The highest BCUT2D eigenvalue weighted by atomic mass is 16.3. The molecule has 1 heterocycles. The maximum Gasteiger partial charge on any atom is 0.125 e. The number of furan rings is 1. The predicted octanol–water partition coefficient (Wildman–Crippen LogP) is 2.98. The van der Waals surface area contributed by atoms with Gasteiger partial charge < -0.3 is 4.42 Å². The van der Waals surface area contributed by atoms with Crippen molar-refractivity contribution in [3.63, 3.8) is 0 Å². The van der Waals surface area contributed by atoms with E-state index in [2.05, 4.69) is 29.3 Å². The van der Waals surface area contributed by atoms with Crippen molar-refractivity contribution in [1.29, 1.82) is 0 Å². The molecule has 0 aliphatic carbocycles. The van der Waals surface area contributed by atoms with Crippen LogP contribution in [0, 0.1) is 11.8 Å². The molecule has 1 N–H and O–H groups in total. The highest BCUT2D eigenvalue weighted by molar-refractivity contribution is 5.26. The molecule has 0 saturated carbocycles. The number of benzene rings is 1. The van der Waals surface area contributed by atoms with Gasteiger partial charge in [0.1, 0.15) is 5.76 Å². The molecular weight excluding hydrogens is 210 g/mol. The van der Waals surface area contributed by atoms with Gasteiger partial charge in [-0.05, 0) is 24.6 Å². The zero-order chi connectivity index (χ0) is 11.9. The molecule has 1 aromatic heterocycles. The van der Waals surface area contributed by atoms with Gasteiger partial charge in [-0.3, -0.25) is 5.32 Å². The third-order valence-corrected chi connectivity index (χ3v) is 2.53. The summed E-state index contributed by atoms with van der Waals surface area (Å²) in [6.07, 6.45) is 1.69. The summed E-state index contributed by atoms with van der Waals surface area (Å²) in [7, 11) is 0. The molecule has 2 heteroatoms. The van der Waals surface area contributed by atoms with Gasteiger partial charge in [0.25, 0.3) is 0 Å². The van der Waals surface area contributed by atoms with E-state index in [4.69, 9.17) is 4.42 Å². The van der Waals surface area contributed by atoms with E-state index in [1.54, 1.807) is 6.26 Å². The van der Waals surface area contributed by atoms with Crippen LogP contribution in [-0.4, -0.2) is 6.54 Å². The molecule has 2 aromatic rings. The molecule has 86 valence electrons. The number of hydrogen-bond acceptors (Lipinski definition) is 2. The van der Waals surface area contributed by atoms with Gasteiger partial charge in [-0.25, -0.2) is 0 Å². The van der Waals surface area contributed by atoms with Crippen molar-refractivity contribution >= 4 is 0 Å². The van der Waals surface area contributed by atoms with Gasteiger partial charge in [-0.1, -0.05) is 36.3 Å². The van der Waals surface area contributed by atoms with Crippen LogP contribution in [0.25, 0.3) is 0 Å². The lowest BCUT2D eigenvalue weighted by atomic mass is 10.0. The summed E-state index contributed by atoms with van der Waals surface area (Å²) in [5, 5.41) is 3.37. The lowest BCUT2D eigenvalue weighted by molar-refractivity contribution is 0.457. The largest absolute Gasteiger partial charge is 0.467 e. The molecule has 0 amide bonds. The van der Waals surface area contributed by atoms with E-state index in [0.717, 1.165) is 5.76 Å². The first kappa shape index (κ1) is 11.5. The van der Waals surface area contributed by atoms with E-state index in [1.807, 2.05) is 37.3 Å². The third-order valence-electron chi connectivity index (χ3n) is 2.53. The van der Waals surface area contributed by atoms with Crippen LogP contribution < -0.4 is 5.32 Å². The standard InChI is InChI=1S/C15H15NO/c1-2-3-11-16-15(14-10-7-12-17-14)13-8-5-4-6-9-13/h4-10,12,15-16H,11H2,1H3. The Morgan fingerprint density at radius 2 is 2.00 bits per heavy atom. The minimum Gasteiger partial charge on any atom is -0.467 e. The maximum atomic E-state index is 5.47. The van der Waals surface area contributed by atoms with E-state index >= 15 is 0 Å². The minimum absolute atomic E-state index is 0.0621. The zero-order valence-corrected chi connectivity index (χ0v) is 9.81. The predicted molar refractivity (Wildman–Crippen MR) is 68.4 cm³/mol.